The van der Waals surface area contributed by atoms with Crippen LogP contribution in [0.25, 0.3) is 0 Å². The van der Waals surface area contributed by atoms with Crippen LogP contribution >= 0.6 is 0 Å². The maximum Gasteiger partial charge on any atom is 0.315 e. The van der Waals surface area contributed by atoms with E-state index in [1.807, 2.05) is 0 Å². The molecule has 4 bridgehead atoms. The van der Waals surface area contributed by atoms with Crippen molar-refractivity contribution in [3.05, 3.63) is 0 Å². The fourth-order valence-electron chi connectivity index (χ4n) is 4.58. The molecule has 4 aliphatic carbocycles. The highest BCUT2D eigenvalue weighted by atomic mass is 16.6. The van der Waals surface area contributed by atoms with Crippen molar-refractivity contribution in [2.45, 2.75) is 50.5 Å². The molecule has 17 heavy (non-hydrogen) atoms. The second kappa shape index (κ2) is 3.72. The average molecular weight is 237 g/mol. The number of amides is 1. The maximum atomic E-state index is 11.6. The summed E-state index contributed by atoms with van der Waals surface area (Å²) in [7, 11) is 0. The molecule has 0 heterocycles. The number of primary amides is 1. The maximum absolute atomic E-state index is 11.6. The Morgan fingerprint density at radius 2 is 1.53 bits per heavy atom. The van der Waals surface area contributed by atoms with E-state index >= 15 is 0 Å². The second-order valence-corrected chi connectivity index (χ2v) is 6.22. The highest BCUT2D eigenvalue weighted by Crippen LogP contribution is 2.57. The van der Waals surface area contributed by atoms with Crippen LogP contribution in [0.5, 0.6) is 0 Å². The topological polar surface area (TPSA) is 69.4 Å². The summed E-state index contributed by atoms with van der Waals surface area (Å²) in [5.74, 6) is 1.19. The van der Waals surface area contributed by atoms with Gasteiger partial charge in [0.25, 0.3) is 0 Å². The number of nitrogens with two attached hydrogens (primary N) is 1. The van der Waals surface area contributed by atoms with Crippen LogP contribution in [-0.2, 0) is 14.3 Å². The van der Waals surface area contributed by atoms with Crippen molar-refractivity contribution >= 4 is 11.9 Å². The summed E-state index contributed by atoms with van der Waals surface area (Å²) in [6.07, 6.45) is 6.67. The first-order chi connectivity index (χ1) is 8.05. The zero-order chi connectivity index (χ0) is 12.0. The quantitative estimate of drug-likeness (QED) is 0.595. The fourth-order valence-corrected chi connectivity index (χ4v) is 4.58. The van der Waals surface area contributed by atoms with Gasteiger partial charge < -0.3 is 10.5 Å². The van der Waals surface area contributed by atoms with Crippen molar-refractivity contribution in [2.24, 2.45) is 23.5 Å². The Balaban J connectivity index is 1.70. The molecule has 0 radical (unpaired) electrons. The first-order valence-electron chi connectivity index (χ1n) is 6.55. The number of carbonyl (C=O) groups excluding carboxylic acids is 2. The van der Waals surface area contributed by atoms with E-state index in [0.717, 1.165) is 37.0 Å². The van der Waals surface area contributed by atoms with Crippen LogP contribution in [0.15, 0.2) is 0 Å². The summed E-state index contributed by atoms with van der Waals surface area (Å²) in [5.41, 5.74) is 4.77. The summed E-state index contributed by atoms with van der Waals surface area (Å²) in [6, 6.07) is 0. The molecule has 4 heteroatoms. The van der Waals surface area contributed by atoms with Crippen LogP contribution in [0, 0.1) is 17.8 Å². The number of hydrogen-bond donors (Lipinski definition) is 1. The van der Waals surface area contributed by atoms with Crippen molar-refractivity contribution < 1.29 is 14.3 Å². The minimum atomic E-state index is -0.597. The van der Waals surface area contributed by atoms with E-state index in [1.165, 1.54) is 19.3 Å². The lowest BCUT2D eigenvalue weighted by Crippen LogP contribution is -2.52. The van der Waals surface area contributed by atoms with Gasteiger partial charge in [-0.25, -0.2) is 0 Å². The number of carbonyl (C=O) groups is 2. The molecular formula is C13H19NO3. The molecule has 0 atom stereocenters. The first-order valence-corrected chi connectivity index (χ1v) is 6.55. The molecule has 0 spiro atoms. The zero-order valence-electron chi connectivity index (χ0n) is 9.98. The first kappa shape index (κ1) is 11.1. The molecule has 0 unspecified atom stereocenters. The van der Waals surface area contributed by atoms with Gasteiger partial charge in [-0.1, -0.05) is 0 Å². The third kappa shape index (κ3) is 2.05. The summed E-state index contributed by atoms with van der Waals surface area (Å²) in [6.45, 7) is 0. The monoisotopic (exact) mass is 237 g/mol. The van der Waals surface area contributed by atoms with E-state index in [4.69, 9.17) is 10.5 Å². The minimum absolute atomic E-state index is 0.249. The van der Waals surface area contributed by atoms with Crippen LogP contribution in [0.3, 0.4) is 0 Å². The Hall–Kier alpha value is -1.06. The van der Waals surface area contributed by atoms with Crippen LogP contribution < -0.4 is 5.73 Å². The molecule has 4 aliphatic rings. The van der Waals surface area contributed by atoms with Gasteiger partial charge in [0.15, 0.2) is 0 Å². The highest BCUT2D eigenvalue weighted by Gasteiger charge is 2.53. The molecule has 0 saturated heterocycles. The molecule has 2 N–H and O–H groups in total. The van der Waals surface area contributed by atoms with Crippen LogP contribution in [0.4, 0.5) is 0 Å². The van der Waals surface area contributed by atoms with Crippen molar-refractivity contribution in [1.29, 1.82) is 0 Å². The van der Waals surface area contributed by atoms with Gasteiger partial charge in [-0.3, -0.25) is 9.59 Å². The molecule has 0 aliphatic heterocycles. The Bertz CT molecular complexity index is 328. The Kier molecular flexibility index (Phi) is 2.42. The lowest BCUT2D eigenvalue weighted by molar-refractivity contribution is -0.186. The van der Waals surface area contributed by atoms with Crippen molar-refractivity contribution in [3.63, 3.8) is 0 Å². The van der Waals surface area contributed by atoms with E-state index in [0.29, 0.717) is 0 Å². The average Bonchev–Trinajstić information content (AvgIpc) is 2.11. The van der Waals surface area contributed by atoms with Crippen molar-refractivity contribution in [1.82, 2.24) is 0 Å². The third-order valence-electron chi connectivity index (χ3n) is 4.63. The highest BCUT2D eigenvalue weighted by molar-refractivity contribution is 5.93. The van der Waals surface area contributed by atoms with Crippen LogP contribution in [-0.4, -0.2) is 17.5 Å². The van der Waals surface area contributed by atoms with Gasteiger partial charge in [0.2, 0.25) is 5.91 Å². The normalized spacial score (nSPS) is 42.5. The number of esters is 1. The van der Waals surface area contributed by atoms with Gasteiger partial charge in [-0.15, -0.1) is 0 Å². The largest absolute Gasteiger partial charge is 0.459 e. The molecule has 94 valence electrons. The predicted octanol–water partition coefficient (Wildman–Crippen LogP) is 1.37. The van der Waals surface area contributed by atoms with Gasteiger partial charge in [-0.05, 0) is 56.3 Å². The smallest absolute Gasteiger partial charge is 0.315 e. The Morgan fingerprint density at radius 1 is 1.06 bits per heavy atom. The van der Waals surface area contributed by atoms with Gasteiger partial charge in [0.1, 0.15) is 12.0 Å². The van der Waals surface area contributed by atoms with E-state index in [9.17, 15) is 9.59 Å². The lowest BCUT2D eigenvalue weighted by atomic mass is 9.54. The fraction of sp³-hybridized carbons (Fsp3) is 0.846. The molecule has 0 aromatic carbocycles. The molecular weight excluding hydrogens is 218 g/mol. The SMILES string of the molecule is NC(=O)CC(=O)OC12CC3CC(CC(C3)C1)C2. The van der Waals surface area contributed by atoms with Gasteiger partial charge >= 0.3 is 5.97 Å². The standard InChI is InChI=1S/C13H19NO3/c14-11(15)4-12(16)17-13-5-8-1-9(6-13)3-10(2-8)7-13/h8-10H,1-7H2,(H2,14,15). The van der Waals surface area contributed by atoms with Crippen molar-refractivity contribution in [3.8, 4) is 0 Å². The Labute approximate surface area is 101 Å². The van der Waals surface area contributed by atoms with Gasteiger partial charge in [0.05, 0.1) is 0 Å². The minimum Gasteiger partial charge on any atom is -0.459 e. The van der Waals surface area contributed by atoms with Crippen LogP contribution in [0.1, 0.15) is 44.9 Å². The summed E-state index contributed by atoms with van der Waals surface area (Å²) in [5, 5.41) is 0. The van der Waals surface area contributed by atoms with Gasteiger partial charge in [-0.2, -0.15) is 0 Å². The molecule has 1 amide bonds. The van der Waals surface area contributed by atoms with Crippen molar-refractivity contribution in [2.75, 3.05) is 0 Å². The van der Waals surface area contributed by atoms with Gasteiger partial charge in [0, 0.05) is 0 Å². The Morgan fingerprint density at radius 3 is 1.94 bits per heavy atom. The van der Waals surface area contributed by atoms with E-state index in [-0.39, 0.29) is 12.0 Å². The summed E-state index contributed by atoms with van der Waals surface area (Å²) < 4.78 is 5.62. The lowest BCUT2D eigenvalue weighted by Gasteiger charge is -2.55. The predicted molar refractivity (Wildman–Crippen MR) is 60.8 cm³/mol. The van der Waals surface area contributed by atoms with E-state index in [1.54, 1.807) is 0 Å². The summed E-state index contributed by atoms with van der Waals surface area (Å²) in [4.78, 5) is 22.3. The molecule has 4 rings (SSSR count). The molecule has 4 saturated carbocycles. The third-order valence-corrected chi connectivity index (χ3v) is 4.63. The number of ether oxygens (including phenoxy) is 1. The molecule has 0 aromatic heterocycles. The van der Waals surface area contributed by atoms with Crippen LogP contribution in [0.2, 0.25) is 0 Å². The zero-order valence-corrected chi connectivity index (χ0v) is 9.98. The van der Waals surface area contributed by atoms with E-state index in [2.05, 4.69) is 0 Å². The molecule has 0 aromatic rings. The number of rotatable bonds is 3. The number of hydrogen-bond acceptors (Lipinski definition) is 3. The molecule has 4 nitrogen and oxygen atoms in total. The summed E-state index contributed by atoms with van der Waals surface area (Å²) >= 11 is 0. The molecule has 4 fully saturated rings. The van der Waals surface area contributed by atoms with E-state index < -0.39 is 11.9 Å². The second-order valence-electron chi connectivity index (χ2n) is 6.22.